The summed E-state index contributed by atoms with van der Waals surface area (Å²) in [6, 6.07) is 11.7. The molecule has 2 aliphatic heterocycles. The highest BCUT2D eigenvalue weighted by atomic mass is 35.5. The number of hydrogen-bond donors (Lipinski definition) is 1. The van der Waals surface area contributed by atoms with Crippen molar-refractivity contribution in [2.75, 3.05) is 37.6 Å². The van der Waals surface area contributed by atoms with Crippen LogP contribution in [-0.4, -0.2) is 54.8 Å². The zero-order chi connectivity index (χ0) is 23.4. The van der Waals surface area contributed by atoms with Crippen LogP contribution in [0.2, 0.25) is 5.02 Å². The van der Waals surface area contributed by atoms with Gasteiger partial charge in [-0.3, -0.25) is 0 Å². The van der Waals surface area contributed by atoms with Crippen LogP contribution in [-0.2, 0) is 0 Å². The maximum absolute atomic E-state index is 14.0. The lowest BCUT2D eigenvalue weighted by atomic mass is 9.94. The Labute approximate surface area is 198 Å². The van der Waals surface area contributed by atoms with E-state index in [0.717, 1.165) is 58.4 Å². The fourth-order valence-corrected chi connectivity index (χ4v) is 4.98. The standard InChI is InChI=1S/C25H27ClFN3O3/c26-21-14-20(5-4-18(21)15-28)33-19-8-10-29(11-9-19)16-17-6-12-30(13-7-17)23-3-1-2-22(27)24(23)25(31)32/h1-5,14,17,19H,6-13,16H2,(H,31,32). The molecular weight excluding hydrogens is 445 g/mol. The van der Waals surface area contributed by atoms with Crippen LogP contribution in [0.5, 0.6) is 5.75 Å². The van der Waals surface area contributed by atoms with Gasteiger partial charge in [-0.15, -0.1) is 0 Å². The first-order valence-corrected chi connectivity index (χ1v) is 11.7. The molecule has 0 spiro atoms. The molecule has 2 aromatic rings. The number of nitriles is 1. The second-order valence-electron chi connectivity index (χ2n) is 8.74. The normalized spacial score (nSPS) is 18.2. The van der Waals surface area contributed by atoms with Crippen molar-refractivity contribution >= 4 is 23.3 Å². The van der Waals surface area contributed by atoms with E-state index >= 15 is 0 Å². The molecule has 0 atom stereocenters. The van der Waals surface area contributed by atoms with Crippen LogP contribution in [0.1, 0.15) is 41.6 Å². The average molecular weight is 472 g/mol. The Morgan fingerprint density at radius 3 is 2.52 bits per heavy atom. The second-order valence-corrected chi connectivity index (χ2v) is 9.15. The highest BCUT2D eigenvalue weighted by Crippen LogP contribution is 2.30. The lowest BCUT2D eigenvalue weighted by Gasteiger charge is -2.38. The number of rotatable bonds is 6. The number of carboxylic acids is 1. The third-order valence-electron chi connectivity index (χ3n) is 6.58. The summed E-state index contributed by atoms with van der Waals surface area (Å²) in [4.78, 5) is 16.0. The van der Waals surface area contributed by atoms with Crippen LogP contribution < -0.4 is 9.64 Å². The fourth-order valence-electron chi connectivity index (χ4n) is 4.77. The Hall–Kier alpha value is -2.82. The number of aromatic carboxylic acids is 1. The summed E-state index contributed by atoms with van der Waals surface area (Å²) in [6.07, 6.45) is 3.91. The molecule has 4 rings (SSSR count). The predicted molar refractivity (Wildman–Crippen MR) is 125 cm³/mol. The molecule has 8 heteroatoms. The van der Waals surface area contributed by atoms with Crippen molar-refractivity contribution in [1.29, 1.82) is 5.26 Å². The number of anilines is 1. The maximum atomic E-state index is 14.0. The minimum Gasteiger partial charge on any atom is -0.490 e. The first-order valence-electron chi connectivity index (χ1n) is 11.3. The maximum Gasteiger partial charge on any atom is 0.340 e. The van der Waals surface area contributed by atoms with Gasteiger partial charge in [-0.1, -0.05) is 17.7 Å². The van der Waals surface area contributed by atoms with Crippen molar-refractivity contribution in [2.24, 2.45) is 5.92 Å². The third-order valence-corrected chi connectivity index (χ3v) is 6.89. The summed E-state index contributed by atoms with van der Waals surface area (Å²) in [7, 11) is 0. The number of likely N-dealkylation sites (tertiary alicyclic amines) is 1. The van der Waals surface area contributed by atoms with Crippen molar-refractivity contribution < 1.29 is 19.0 Å². The largest absolute Gasteiger partial charge is 0.490 e. The number of carbonyl (C=O) groups is 1. The van der Waals surface area contributed by atoms with Crippen LogP contribution in [0.4, 0.5) is 10.1 Å². The molecule has 2 aliphatic rings. The van der Waals surface area contributed by atoms with Gasteiger partial charge in [-0.05, 0) is 55.9 Å². The Morgan fingerprint density at radius 1 is 1.15 bits per heavy atom. The molecule has 0 saturated carbocycles. The number of halogens is 2. The number of ether oxygens (including phenoxy) is 1. The molecule has 1 N–H and O–H groups in total. The number of piperidine rings is 2. The van der Waals surface area contributed by atoms with E-state index in [2.05, 4.69) is 11.0 Å². The molecule has 0 aromatic heterocycles. The predicted octanol–water partition coefficient (Wildman–Crippen LogP) is 4.81. The Morgan fingerprint density at radius 2 is 1.88 bits per heavy atom. The molecule has 2 fully saturated rings. The lowest BCUT2D eigenvalue weighted by molar-refractivity contribution is 0.0692. The highest BCUT2D eigenvalue weighted by Gasteiger charge is 2.27. The van der Waals surface area contributed by atoms with E-state index in [0.29, 0.717) is 27.9 Å². The van der Waals surface area contributed by atoms with Gasteiger partial charge in [0.25, 0.3) is 0 Å². The summed E-state index contributed by atoms with van der Waals surface area (Å²) >= 11 is 6.10. The minimum atomic E-state index is -1.22. The summed E-state index contributed by atoms with van der Waals surface area (Å²) < 4.78 is 20.1. The van der Waals surface area contributed by atoms with Crippen LogP contribution in [0.3, 0.4) is 0 Å². The summed E-state index contributed by atoms with van der Waals surface area (Å²) in [6.45, 7) is 4.39. The molecule has 0 unspecified atom stereocenters. The highest BCUT2D eigenvalue weighted by molar-refractivity contribution is 6.31. The number of benzene rings is 2. The van der Waals surface area contributed by atoms with Gasteiger partial charge in [0.2, 0.25) is 0 Å². The molecule has 0 amide bonds. The van der Waals surface area contributed by atoms with Crippen molar-refractivity contribution in [3.05, 3.63) is 58.4 Å². The SMILES string of the molecule is N#Cc1ccc(OC2CCN(CC3CCN(c4cccc(F)c4C(=O)O)CC3)CC2)cc1Cl. The second kappa shape index (κ2) is 10.4. The molecular formula is C25H27ClFN3O3. The molecule has 0 radical (unpaired) electrons. The zero-order valence-corrected chi connectivity index (χ0v) is 19.1. The van der Waals surface area contributed by atoms with Crippen molar-refractivity contribution in [3.8, 4) is 11.8 Å². The molecule has 33 heavy (non-hydrogen) atoms. The van der Waals surface area contributed by atoms with E-state index in [4.69, 9.17) is 21.6 Å². The van der Waals surface area contributed by atoms with E-state index in [9.17, 15) is 14.3 Å². The molecule has 174 valence electrons. The number of carboxylic acid groups (broad SMARTS) is 1. The van der Waals surface area contributed by atoms with E-state index in [1.54, 1.807) is 30.3 Å². The number of nitrogens with zero attached hydrogens (tertiary/aromatic N) is 3. The van der Waals surface area contributed by atoms with E-state index < -0.39 is 11.8 Å². The summed E-state index contributed by atoms with van der Waals surface area (Å²) in [5.41, 5.74) is 0.685. The average Bonchev–Trinajstić information content (AvgIpc) is 2.80. The van der Waals surface area contributed by atoms with E-state index in [-0.39, 0.29) is 11.7 Å². The van der Waals surface area contributed by atoms with Crippen molar-refractivity contribution in [3.63, 3.8) is 0 Å². The molecule has 0 bridgehead atoms. The molecule has 2 saturated heterocycles. The Balaban J connectivity index is 1.24. The fraction of sp³-hybridized carbons (Fsp3) is 0.440. The van der Waals surface area contributed by atoms with E-state index in [1.807, 2.05) is 4.90 Å². The Bertz CT molecular complexity index is 1040. The van der Waals surface area contributed by atoms with Gasteiger partial charge in [0.05, 0.1) is 16.3 Å². The molecule has 0 aliphatic carbocycles. The van der Waals surface area contributed by atoms with Gasteiger partial charge in [0.1, 0.15) is 29.3 Å². The van der Waals surface area contributed by atoms with Gasteiger partial charge in [-0.2, -0.15) is 5.26 Å². The van der Waals surface area contributed by atoms with Crippen molar-refractivity contribution in [2.45, 2.75) is 31.8 Å². The van der Waals surface area contributed by atoms with Crippen LogP contribution in [0.25, 0.3) is 0 Å². The molecule has 2 aromatic carbocycles. The van der Waals surface area contributed by atoms with E-state index in [1.165, 1.54) is 6.07 Å². The van der Waals surface area contributed by atoms with Crippen LogP contribution >= 0.6 is 11.6 Å². The van der Waals surface area contributed by atoms with Gasteiger partial charge in [-0.25, -0.2) is 9.18 Å². The van der Waals surface area contributed by atoms with Gasteiger partial charge in [0, 0.05) is 38.8 Å². The minimum absolute atomic E-state index is 0.134. The Kier molecular flexibility index (Phi) is 7.36. The monoisotopic (exact) mass is 471 g/mol. The lowest BCUT2D eigenvalue weighted by Crippen LogP contribution is -2.43. The topological polar surface area (TPSA) is 76.8 Å². The third kappa shape index (κ3) is 5.58. The molecule has 2 heterocycles. The van der Waals surface area contributed by atoms with Gasteiger partial charge in [0.15, 0.2) is 0 Å². The van der Waals surface area contributed by atoms with Crippen LogP contribution in [0.15, 0.2) is 36.4 Å². The van der Waals surface area contributed by atoms with Crippen LogP contribution in [0, 0.1) is 23.1 Å². The first kappa shape index (κ1) is 23.3. The zero-order valence-electron chi connectivity index (χ0n) is 18.3. The van der Waals surface area contributed by atoms with Crippen molar-refractivity contribution in [1.82, 2.24) is 4.90 Å². The smallest absolute Gasteiger partial charge is 0.340 e. The van der Waals surface area contributed by atoms with Gasteiger partial charge < -0.3 is 19.6 Å². The first-order chi connectivity index (χ1) is 15.9. The quantitative estimate of drug-likeness (QED) is 0.651. The molecule has 6 nitrogen and oxygen atoms in total. The summed E-state index contributed by atoms with van der Waals surface area (Å²) in [5.74, 6) is -0.671. The van der Waals surface area contributed by atoms with Gasteiger partial charge >= 0.3 is 5.97 Å². The number of hydrogen-bond acceptors (Lipinski definition) is 5. The summed E-state index contributed by atoms with van der Waals surface area (Å²) in [5, 5.41) is 18.8.